The molecule has 0 aromatic heterocycles. The molecule has 1 aromatic rings. The van der Waals surface area contributed by atoms with Crippen molar-refractivity contribution in [3.63, 3.8) is 0 Å². The van der Waals surface area contributed by atoms with E-state index in [0.29, 0.717) is 38.4 Å². The number of nitrogens with zero attached hydrogens (tertiary/aromatic N) is 2. The Hall–Kier alpha value is -2.57. The average molecular weight is 428 g/mol. The van der Waals surface area contributed by atoms with Crippen LogP contribution >= 0.6 is 0 Å². The van der Waals surface area contributed by atoms with Crippen LogP contribution in [0.1, 0.15) is 58.4 Å². The number of carbonyl (C=O) groups is 3. The van der Waals surface area contributed by atoms with Gasteiger partial charge in [-0.05, 0) is 70.1 Å². The summed E-state index contributed by atoms with van der Waals surface area (Å²) in [5, 5.41) is 3.00. The largest absolute Gasteiger partial charge is 0.460 e. The number of esters is 1. The van der Waals surface area contributed by atoms with Gasteiger partial charge >= 0.3 is 12.0 Å². The SMILES string of the molecule is CC(C)(C)OC(=O)Cc1cccc(N2CCC3(CC2)NC(=O)N(CC2CCC2)C3=O)c1. The van der Waals surface area contributed by atoms with E-state index in [0.717, 1.165) is 24.1 Å². The number of rotatable bonds is 5. The third kappa shape index (κ3) is 4.70. The molecule has 0 atom stereocenters. The van der Waals surface area contributed by atoms with Crippen LogP contribution in [0.5, 0.6) is 0 Å². The average Bonchev–Trinajstić information content (AvgIpc) is 2.87. The van der Waals surface area contributed by atoms with Gasteiger partial charge in [-0.3, -0.25) is 14.5 Å². The normalized spacial score (nSPS) is 21.3. The van der Waals surface area contributed by atoms with Crippen molar-refractivity contribution in [1.82, 2.24) is 10.2 Å². The summed E-state index contributed by atoms with van der Waals surface area (Å²) in [5.74, 6) is 0.174. The van der Waals surface area contributed by atoms with E-state index in [-0.39, 0.29) is 24.3 Å². The van der Waals surface area contributed by atoms with E-state index < -0.39 is 11.1 Å². The maximum atomic E-state index is 13.1. The number of ether oxygens (including phenoxy) is 1. The molecule has 3 aliphatic rings. The Morgan fingerprint density at radius 2 is 1.90 bits per heavy atom. The fourth-order valence-corrected chi connectivity index (χ4v) is 4.67. The number of carbonyl (C=O) groups excluding carboxylic acids is 3. The quantitative estimate of drug-likeness (QED) is 0.576. The number of urea groups is 1. The highest BCUT2D eigenvalue weighted by molar-refractivity contribution is 6.07. The Labute approximate surface area is 184 Å². The molecule has 0 radical (unpaired) electrons. The minimum absolute atomic E-state index is 0.0530. The van der Waals surface area contributed by atoms with E-state index in [4.69, 9.17) is 4.74 Å². The van der Waals surface area contributed by atoms with Crippen molar-refractivity contribution in [3.8, 4) is 0 Å². The minimum atomic E-state index is -0.758. The van der Waals surface area contributed by atoms with Gasteiger partial charge in [-0.2, -0.15) is 0 Å². The Morgan fingerprint density at radius 1 is 1.19 bits per heavy atom. The first-order valence-corrected chi connectivity index (χ1v) is 11.4. The van der Waals surface area contributed by atoms with Crippen molar-refractivity contribution in [2.45, 2.75) is 70.4 Å². The zero-order chi connectivity index (χ0) is 22.2. The van der Waals surface area contributed by atoms with Crippen molar-refractivity contribution < 1.29 is 19.1 Å². The summed E-state index contributed by atoms with van der Waals surface area (Å²) < 4.78 is 5.43. The Morgan fingerprint density at radius 3 is 2.52 bits per heavy atom. The molecule has 31 heavy (non-hydrogen) atoms. The zero-order valence-electron chi connectivity index (χ0n) is 18.8. The van der Waals surface area contributed by atoms with E-state index in [9.17, 15) is 14.4 Å². The van der Waals surface area contributed by atoms with Gasteiger partial charge in [-0.25, -0.2) is 4.79 Å². The van der Waals surface area contributed by atoms with Crippen LogP contribution in [0.25, 0.3) is 0 Å². The van der Waals surface area contributed by atoms with E-state index in [1.807, 2.05) is 45.0 Å². The van der Waals surface area contributed by atoms with Crippen molar-refractivity contribution >= 4 is 23.6 Å². The summed E-state index contributed by atoms with van der Waals surface area (Å²) in [5.41, 5.74) is 0.675. The highest BCUT2D eigenvalue weighted by Gasteiger charge is 2.52. The number of amides is 3. The number of hydrogen-bond acceptors (Lipinski definition) is 5. The van der Waals surface area contributed by atoms with Gasteiger partial charge in [0.25, 0.3) is 5.91 Å². The molecule has 1 saturated carbocycles. The third-order valence-electron chi connectivity index (χ3n) is 6.57. The van der Waals surface area contributed by atoms with Gasteiger partial charge in [0.05, 0.1) is 6.42 Å². The summed E-state index contributed by atoms with van der Waals surface area (Å²) in [4.78, 5) is 41.4. The van der Waals surface area contributed by atoms with Crippen molar-refractivity contribution in [3.05, 3.63) is 29.8 Å². The predicted molar refractivity (Wildman–Crippen MR) is 118 cm³/mol. The molecule has 1 aliphatic carbocycles. The molecule has 168 valence electrons. The van der Waals surface area contributed by atoms with Crippen LogP contribution in [0, 0.1) is 5.92 Å². The first kappa shape index (κ1) is 21.7. The second kappa shape index (κ2) is 8.17. The number of anilines is 1. The van der Waals surface area contributed by atoms with Crippen LogP contribution in [0.15, 0.2) is 24.3 Å². The zero-order valence-corrected chi connectivity index (χ0v) is 18.8. The first-order chi connectivity index (χ1) is 14.7. The second-order valence-electron chi connectivity index (χ2n) is 10.1. The van der Waals surface area contributed by atoms with Crippen LogP contribution in [0.3, 0.4) is 0 Å². The summed E-state index contributed by atoms with van der Waals surface area (Å²) >= 11 is 0. The lowest BCUT2D eigenvalue weighted by atomic mass is 9.84. The van der Waals surface area contributed by atoms with Gasteiger partial charge in [-0.15, -0.1) is 0 Å². The van der Waals surface area contributed by atoms with E-state index >= 15 is 0 Å². The molecular weight excluding hydrogens is 394 g/mol. The van der Waals surface area contributed by atoms with Gasteiger partial charge in [0.15, 0.2) is 0 Å². The molecule has 4 rings (SSSR count). The Balaban J connectivity index is 1.37. The molecule has 3 fully saturated rings. The molecule has 0 unspecified atom stereocenters. The van der Waals surface area contributed by atoms with Gasteiger partial charge < -0.3 is 15.0 Å². The molecule has 2 aliphatic heterocycles. The second-order valence-corrected chi connectivity index (χ2v) is 10.1. The van der Waals surface area contributed by atoms with Crippen LogP contribution in [-0.2, 0) is 20.7 Å². The number of imide groups is 1. The summed E-state index contributed by atoms with van der Waals surface area (Å²) in [6.07, 6.45) is 4.83. The number of nitrogens with one attached hydrogen (secondary N) is 1. The molecule has 7 nitrogen and oxygen atoms in total. The Bertz CT molecular complexity index is 864. The lowest BCUT2D eigenvalue weighted by Gasteiger charge is -2.38. The van der Waals surface area contributed by atoms with E-state index in [1.165, 1.54) is 11.3 Å². The maximum Gasteiger partial charge on any atom is 0.325 e. The summed E-state index contributed by atoms with van der Waals surface area (Å²) in [6.45, 7) is 7.51. The van der Waals surface area contributed by atoms with Gasteiger partial charge in [0.1, 0.15) is 11.1 Å². The predicted octanol–water partition coefficient (Wildman–Crippen LogP) is 3.26. The maximum absolute atomic E-state index is 13.1. The Kier molecular flexibility index (Phi) is 5.71. The molecule has 2 heterocycles. The molecule has 2 saturated heterocycles. The fourth-order valence-electron chi connectivity index (χ4n) is 4.67. The molecule has 1 aromatic carbocycles. The molecule has 1 spiro atoms. The summed E-state index contributed by atoms with van der Waals surface area (Å²) in [6, 6.07) is 7.68. The number of piperidine rings is 1. The molecule has 7 heteroatoms. The first-order valence-electron chi connectivity index (χ1n) is 11.4. The van der Waals surface area contributed by atoms with Crippen LogP contribution in [-0.4, -0.2) is 53.6 Å². The van der Waals surface area contributed by atoms with Crippen LogP contribution < -0.4 is 10.2 Å². The van der Waals surface area contributed by atoms with E-state index in [1.54, 1.807) is 0 Å². The third-order valence-corrected chi connectivity index (χ3v) is 6.57. The monoisotopic (exact) mass is 427 g/mol. The van der Waals surface area contributed by atoms with Gasteiger partial charge in [0.2, 0.25) is 0 Å². The van der Waals surface area contributed by atoms with Crippen molar-refractivity contribution in [2.24, 2.45) is 5.92 Å². The molecule has 1 N–H and O–H groups in total. The van der Waals surface area contributed by atoms with Crippen molar-refractivity contribution in [2.75, 3.05) is 24.5 Å². The van der Waals surface area contributed by atoms with Gasteiger partial charge in [0, 0.05) is 25.3 Å². The highest BCUT2D eigenvalue weighted by Crippen LogP contribution is 2.34. The van der Waals surface area contributed by atoms with Crippen LogP contribution in [0.2, 0.25) is 0 Å². The molecule has 3 amide bonds. The van der Waals surface area contributed by atoms with Gasteiger partial charge in [-0.1, -0.05) is 18.6 Å². The minimum Gasteiger partial charge on any atom is -0.460 e. The number of benzene rings is 1. The lowest BCUT2D eigenvalue weighted by Crippen LogP contribution is -2.55. The molecule has 0 bridgehead atoms. The highest BCUT2D eigenvalue weighted by atomic mass is 16.6. The summed E-state index contributed by atoms with van der Waals surface area (Å²) in [7, 11) is 0. The fraction of sp³-hybridized carbons (Fsp3) is 0.625. The smallest absolute Gasteiger partial charge is 0.325 e. The topological polar surface area (TPSA) is 79.0 Å². The van der Waals surface area contributed by atoms with Crippen molar-refractivity contribution in [1.29, 1.82) is 0 Å². The van der Waals surface area contributed by atoms with E-state index in [2.05, 4.69) is 10.2 Å². The van der Waals surface area contributed by atoms with Crippen LogP contribution in [0.4, 0.5) is 10.5 Å². The molecular formula is C24H33N3O4. The lowest BCUT2D eigenvalue weighted by molar-refractivity contribution is -0.153. The number of hydrogen-bond donors (Lipinski definition) is 1. The standard InChI is InChI=1S/C24H33N3O4/c1-23(2,3)31-20(28)15-18-8-5-9-19(14-18)26-12-10-24(11-13-26)21(29)27(22(30)25-24)16-17-6-4-7-17/h5,8-9,14,17H,4,6-7,10-13,15-16H2,1-3H3,(H,25,30).